The molecule has 0 spiro atoms. The first-order valence-electron chi connectivity index (χ1n) is 6.90. The lowest BCUT2D eigenvalue weighted by Gasteiger charge is -2.15. The molecule has 2 amide bonds. The second kappa shape index (κ2) is 8.17. The van der Waals surface area contributed by atoms with Crippen molar-refractivity contribution < 1.29 is 22.8 Å². The highest BCUT2D eigenvalue weighted by Gasteiger charge is 2.30. The third kappa shape index (κ3) is 5.98. The Kier molecular flexibility index (Phi) is 6.57. The van der Waals surface area contributed by atoms with E-state index in [1.165, 1.54) is 0 Å². The zero-order valence-corrected chi connectivity index (χ0v) is 12.2. The first-order chi connectivity index (χ1) is 10.8. The van der Waals surface area contributed by atoms with Gasteiger partial charge < -0.3 is 11.1 Å². The minimum atomic E-state index is -4.48. The number of nitrogens with one attached hydrogen (secondary N) is 1. The van der Waals surface area contributed by atoms with Crippen LogP contribution in [0.25, 0.3) is 0 Å². The average Bonchev–Trinajstić information content (AvgIpc) is 2.49. The summed E-state index contributed by atoms with van der Waals surface area (Å²) in [5.41, 5.74) is 4.33. The number of nitrogens with two attached hydrogens (primary N) is 1. The van der Waals surface area contributed by atoms with Crippen molar-refractivity contribution >= 4 is 11.8 Å². The van der Waals surface area contributed by atoms with E-state index in [9.17, 15) is 22.8 Å². The molecule has 5 nitrogen and oxygen atoms in total. The molecule has 0 saturated carbocycles. The molecule has 23 heavy (non-hydrogen) atoms. The fourth-order valence-electron chi connectivity index (χ4n) is 1.89. The van der Waals surface area contributed by atoms with Gasteiger partial charge in [0.1, 0.15) is 6.04 Å². The maximum atomic E-state index is 12.5. The molecule has 1 aromatic rings. The Morgan fingerprint density at radius 2 is 1.83 bits per heavy atom. The van der Waals surface area contributed by atoms with Gasteiger partial charge in [-0.25, -0.2) is 0 Å². The number of carbonyl (C=O) groups excluding carboxylic acids is 2. The summed E-state index contributed by atoms with van der Waals surface area (Å²) in [5, 5.41) is 10.8. The van der Waals surface area contributed by atoms with Gasteiger partial charge in [0.05, 0.1) is 11.6 Å². The van der Waals surface area contributed by atoms with Crippen LogP contribution >= 0.6 is 0 Å². The second-order valence-corrected chi connectivity index (χ2v) is 4.91. The van der Waals surface area contributed by atoms with Gasteiger partial charge in [0.2, 0.25) is 5.91 Å². The van der Waals surface area contributed by atoms with Gasteiger partial charge in [-0.05, 0) is 43.5 Å². The van der Waals surface area contributed by atoms with E-state index in [2.05, 4.69) is 5.32 Å². The van der Waals surface area contributed by atoms with Crippen molar-refractivity contribution in [2.24, 2.45) is 5.73 Å². The van der Waals surface area contributed by atoms with Gasteiger partial charge in [-0.3, -0.25) is 9.59 Å². The second-order valence-electron chi connectivity index (χ2n) is 4.91. The Bertz CT molecular complexity index is 591. The third-order valence-electron chi connectivity index (χ3n) is 3.15. The standard InChI is InChI=1S/C15H16F3N3O2/c16-15(17,18)11-7-5-10(6-8-11)14(23)21-12(13(20)22)4-2-1-3-9-19/h5-8,12H,1-4H2,(H2,20,22)(H,21,23)/t12-/m0/s1. The van der Waals surface area contributed by atoms with Gasteiger partial charge in [0, 0.05) is 12.0 Å². The van der Waals surface area contributed by atoms with Crippen molar-refractivity contribution in [3.8, 4) is 6.07 Å². The topological polar surface area (TPSA) is 96.0 Å². The monoisotopic (exact) mass is 327 g/mol. The van der Waals surface area contributed by atoms with Crippen molar-refractivity contribution in [2.45, 2.75) is 37.9 Å². The molecule has 0 fully saturated rings. The third-order valence-corrected chi connectivity index (χ3v) is 3.15. The maximum Gasteiger partial charge on any atom is 0.416 e. The summed E-state index contributed by atoms with van der Waals surface area (Å²) in [6.07, 6.45) is -2.79. The number of amides is 2. The lowest BCUT2D eigenvalue weighted by Crippen LogP contribution is -2.44. The molecule has 0 bridgehead atoms. The average molecular weight is 327 g/mol. The lowest BCUT2D eigenvalue weighted by atomic mass is 10.1. The molecule has 124 valence electrons. The molecule has 0 aliphatic rings. The number of alkyl halides is 3. The molecular formula is C15H16F3N3O2. The van der Waals surface area contributed by atoms with Crippen LogP contribution in [0.5, 0.6) is 0 Å². The minimum Gasteiger partial charge on any atom is -0.368 e. The van der Waals surface area contributed by atoms with Crippen molar-refractivity contribution in [3.05, 3.63) is 35.4 Å². The number of carbonyl (C=O) groups is 2. The van der Waals surface area contributed by atoms with Crippen LogP contribution in [0.4, 0.5) is 13.2 Å². The largest absolute Gasteiger partial charge is 0.416 e. The van der Waals surface area contributed by atoms with Crippen LogP contribution in [0.1, 0.15) is 41.6 Å². The van der Waals surface area contributed by atoms with Gasteiger partial charge in [-0.2, -0.15) is 18.4 Å². The molecule has 0 heterocycles. The van der Waals surface area contributed by atoms with E-state index in [0.717, 1.165) is 24.3 Å². The number of benzene rings is 1. The molecule has 1 atom stereocenters. The van der Waals surface area contributed by atoms with Crippen molar-refractivity contribution in [2.75, 3.05) is 0 Å². The van der Waals surface area contributed by atoms with Gasteiger partial charge in [0.15, 0.2) is 0 Å². The Balaban J connectivity index is 2.68. The summed E-state index contributed by atoms with van der Waals surface area (Å²) in [4.78, 5) is 23.3. The molecular weight excluding hydrogens is 311 g/mol. The summed E-state index contributed by atoms with van der Waals surface area (Å²) < 4.78 is 37.4. The summed E-state index contributed by atoms with van der Waals surface area (Å²) in [6.45, 7) is 0. The van der Waals surface area contributed by atoms with Crippen molar-refractivity contribution in [1.29, 1.82) is 5.26 Å². The molecule has 3 N–H and O–H groups in total. The zero-order valence-electron chi connectivity index (χ0n) is 12.2. The number of hydrogen-bond acceptors (Lipinski definition) is 3. The molecule has 0 radical (unpaired) electrons. The van der Waals surface area contributed by atoms with E-state index >= 15 is 0 Å². The Morgan fingerprint density at radius 3 is 2.30 bits per heavy atom. The van der Waals surface area contributed by atoms with E-state index in [1.54, 1.807) is 0 Å². The van der Waals surface area contributed by atoms with Crippen LogP contribution in [-0.4, -0.2) is 17.9 Å². The predicted molar refractivity (Wildman–Crippen MR) is 76.0 cm³/mol. The fourth-order valence-corrected chi connectivity index (χ4v) is 1.89. The van der Waals surface area contributed by atoms with Crippen LogP contribution in [-0.2, 0) is 11.0 Å². The summed E-state index contributed by atoms with van der Waals surface area (Å²) in [6, 6.07) is 4.68. The summed E-state index contributed by atoms with van der Waals surface area (Å²) >= 11 is 0. The number of primary amides is 1. The Hall–Kier alpha value is -2.56. The first-order valence-corrected chi connectivity index (χ1v) is 6.90. The number of rotatable bonds is 7. The molecule has 0 aliphatic heterocycles. The predicted octanol–water partition coefficient (Wildman–Crippen LogP) is 2.37. The zero-order chi connectivity index (χ0) is 17.5. The van der Waals surface area contributed by atoms with Gasteiger partial charge in [-0.1, -0.05) is 0 Å². The number of hydrogen-bond donors (Lipinski definition) is 2. The fraction of sp³-hybridized carbons (Fsp3) is 0.400. The highest BCUT2D eigenvalue weighted by molar-refractivity contribution is 5.97. The number of nitrogens with zero attached hydrogens (tertiary/aromatic N) is 1. The highest BCUT2D eigenvalue weighted by Crippen LogP contribution is 2.29. The van der Waals surface area contributed by atoms with Crippen molar-refractivity contribution in [1.82, 2.24) is 5.32 Å². The maximum absolute atomic E-state index is 12.5. The van der Waals surface area contributed by atoms with E-state index in [-0.39, 0.29) is 12.0 Å². The van der Waals surface area contributed by atoms with E-state index in [4.69, 9.17) is 11.0 Å². The minimum absolute atomic E-state index is 0.00118. The van der Waals surface area contributed by atoms with E-state index in [1.807, 2.05) is 6.07 Å². The van der Waals surface area contributed by atoms with Gasteiger partial charge in [0.25, 0.3) is 5.91 Å². The number of unbranched alkanes of at least 4 members (excludes halogenated alkanes) is 2. The number of halogens is 3. The SMILES string of the molecule is N#CCCCC[C@H](NC(=O)c1ccc(C(F)(F)F)cc1)C(N)=O. The molecule has 8 heteroatoms. The molecule has 0 saturated heterocycles. The van der Waals surface area contributed by atoms with Crippen LogP contribution < -0.4 is 11.1 Å². The molecule has 0 aliphatic carbocycles. The van der Waals surface area contributed by atoms with Gasteiger partial charge >= 0.3 is 6.18 Å². The van der Waals surface area contributed by atoms with Crippen LogP contribution in [0, 0.1) is 11.3 Å². The molecule has 0 aromatic heterocycles. The van der Waals surface area contributed by atoms with Crippen molar-refractivity contribution in [3.63, 3.8) is 0 Å². The van der Waals surface area contributed by atoms with Crippen LogP contribution in [0.15, 0.2) is 24.3 Å². The molecule has 1 aromatic carbocycles. The lowest BCUT2D eigenvalue weighted by molar-refractivity contribution is -0.137. The summed E-state index contributed by atoms with van der Waals surface area (Å²) in [5.74, 6) is -1.41. The van der Waals surface area contributed by atoms with Crippen LogP contribution in [0.2, 0.25) is 0 Å². The quantitative estimate of drug-likeness (QED) is 0.753. The van der Waals surface area contributed by atoms with Gasteiger partial charge in [-0.15, -0.1) is 0 Å². The Labute approximate surface area is 131 Å². The molecule has 0 unspecified atom stereocenters. The van der Waals surface area contributed by atoms with E-state index in [0.29, 0.717) is 19.3 Å². The van der Waals surface area contributed by atoms with E-state index < -0.39 is 29.6 Å². The summed E-state index contributed by atoms with van der Waals surface area (Å²) in [7, 11) is 0. The highest BCUT2D eigenvalue weighted by atomic mass is 19.4. The first kappa shape index (κ1) is 18.5. The normalized spacial score (nSPS) is 12.3. The smallest absolute Gasteiger partial charge is 0.368 e. The molecule has 1 rings (SSSR count). The number of nitriles is 1. The van der Waals surface area contributed by atoms with Crippen LogP contribution in [0.3, 0.4) is 0 Å². The Morgan fingerprint density at radius 1 is 1.22 bits per heavy atom.